The number of nitrogens with zero attached hydrogens (tertiary/aromatic N) is 3. The van der Waals surface area contributed by atoms with Gasteiger partial charge in [0.15, 0.2) is 17.6 Å². The highest BCUT2D eigenvalue weighted by Gasteiger charge is 2.60. The lowest BCUT2D eigenvalue weighted by Crippen LogP contribution is -2.37. The fourth-order valence-corrected chi connectivity index (χ4v) is 4.76. The predicted molar refractivity (Wildman–Crippen MR) is 136 cm³/mol. The topological polar surface area (TPSA) is 132 Å². The maximum absolute atomic E-state index is 13.8. The molecule has 0 spiro atoms. The molecule has 2 aliphatic heterocycles. The van der Waals surface area contributed by atoms with Crippen LogP contribution in [0, 0.1) is 16.0 Å². The number of carbonyl (C=O) groups excluding carboxylic acids is 2. The first-order valence-corrected chi connectivity index (χ1v) is 12.0. The van der Waals surface area contributed by atoms with Gasteiger partial charge in [0.2, 0.25) is 5.91 Å². The van der Waals surface area contributed by atoms with E-state index in [1.54, 1.807) is 42.5 Å². The summed E-state index contributed by atoms with van der Waals surface area (Å²) in [5.74, 6) is -1.31. The van der Waals surface area contributed by atoms with Crippen molar-refractivity contribution < 1.29 is 33.9 Å². The minimum atomic E-state index is -1.16. The number of imide groups is 1. The number of phenols is 1. The van der Waals surface area contributed by atoms with Crippen LogP contribution in [0.5, 0.6) is 17.2 Å². The SMILES string of the molecule is CCCOc1ccc(N2C(=O)[C@@H]3[C@H](ON(c4cccc([N+](=O)[O-])c4)[C@H]3c3ccc(O)c(OC)c3)C2=O)cc1. The third-order valence-corrected chi connectivity index (χ3v) is 6.52. The van der Waals surface area contributed by atoms with Gasteiger partial charge < -0.3 is 14.6 Å². The number of hydrogen-bond acceptors (Lipinski definition) is 9. The van der Waals surface area contributed by atoms with Crippen molar-refractivity contribution in [2.45, 2.75) is 25.5 Å². The number of hydrogen-bond donors (Lipinski definition) is 1. The second-order valence-electron chi connectivity index (χ2n) is 8.88. The van der Waals surface area contributed by atoms with Gasteiger partial charge in [0, 0.05) is 12.1 Å². The number of fused-ring (bicyclic) bond motifs is 1. The van der Waals surface area contributed by atoms with Crippen molar-refractivity contribution in [3.63, 3.8) is 0 Å². The zero-order valence-electron chi connectivity index (χ0n) is 20.6. The highest BCUT2D eigenvalue weighted by molar-refractivity contribution is 6.24. The molecule has 5 rings (SSSR count). The molecule has 38 heavy (non-hydrogen) atoms. The molecule has 0 bridgehead atoms. The molecule has 2 aliphatic rings. The fourth-order valence-electron chi connectivity index (χ4n) is 4.76. The first kappa shape index (κ1) is 25.0. The van der Waals surface area contributed by atoms with Crippen molar-refractivity contribution in [3.05, 3.63) is 82.4 Å². The van der Waals surface area contributed by atoms with Gasteiger partial charge in [0.1, 0.15) is 11.7 Å². The van der Waals surface area contributed by atoms with Gasteiger partial charge in [0.25, 0.3) is 11.6 Å². The van der Waals surface area contributed by atoms with Crippen LogP contribution >= 0.6 is 0 Å². The summed E-state index contributed by atoms with van der Waals surface area (Å²) in [6.07, 6.45) is -0.321. The summed E-state index contributed by atoms with van der Waals surface area (Å²) in [6.45, 7) is 2.54. The number of phenolic OH excluding ortho intramolecular Hbond substituents is 1. The molecule has 3 atom stereocenters. The van der Waals surface area contributed by atoms with Gasteiger partial charge in [-0.05, 0) is 54.4 Å². The number of aromatic hydroxyl groups is 1. The van der Waals surface area contributed by atoms with E-state index in [0.29, 0.717) is 29.3 Å². The number of rotatable bonds is 8. The van der Waals surface area contributed by atoms with Crippen molar-refractivity contribution in [1.82, 2.24) is 0 Å². The molecular formula is C27H25N3O8. The van der Waals surface area contributed by atoms with E-state index in [1.165, 1.54) is 36.4 Å². The molecular weight excluding hydrogens is 494 g/mol. The summed E-state index contributed by atoms with van der Waals surface area (Å²) < 4.78 is 10.8. The average Bonchev–Trinajstić information content (AvgIpc) is 3.44. The van der Waals surface area contributed by atoms with E-state index < -0.39 is 34.8 Å². The molecule has 2 heterocycles. The van der Waals surface area contributed by atoms with E-state index in [2.05, 4.69) is 0 Å². The zero-order valence-corrected chi connectivity index (χ0v) is 20.6. The number of anilines is 2. The maximum atomic E-state index is 13.8. The lowest BCUT2D eigenvalue weighted by molar-refractivity contribution is -0.384. The van der Waals surface area contributed by atoms with Crippen molar-refractivity contribution in [2.24, 2.45) is 5.92 Å². The van der Waals surface area contributed by atoms with Gasteiger partial charge in [-0.1, -0.05) is 19.1 Å². The van der Waals surface area contributed by atoms with Crippen LogP contribution in [-0.2, 0) is 14.4 Å². The fraction of sp³-hybridized carbons (Fsp3) is 0.259. The first-order chi connectivity index (χ1) is 18.3. The quantitative estimate of drug-likeness (QED) is 0.265. The van der Waals surface area contributed by atoms with Crippen LogP contribution < -0.4 is 19.4 Å². The summed E-state index contributed by atoms with van der Waals surface area (Å²) >= 11 is 0. The van der Waals surface area contributed by atoms with Gasteiger partial charge in [-0.2, -0.15) is 0 Å². The molecule has 3 aromatic carbocycles. The van der Waals surface area contributed by atoms with E-state index in [0.717, 1.165) is 11.3 Å². The lowest BCUT2D eigenvalue weighted by Gasteiger charge is -2.29. The minimum absolute atomic E-state index is 0.102. The lowest BCUT2D eigenvalue weighted by atomic mass is 9.90. The molecule has 11 heteroatoms. The smallest absolute Gasteiger partial charge is 0.271 e. The van der Waals surface area contributed by atoms with Crippen LogP contribution in [0.2, 0.25) is 0 Å². The number of carbonyl (C=O) groups is 2. The largest absolute Gasteiger partial charge is 0.504 e. The van der Waals surface area contributed by atoms with E-state index in [4.69, 9.17) is 14.3 Å². The molecule has 0 aliphatic carbocycles. The molecule has 0 aromatic heterocycles. The Kier molecular flexibility index (Phi) is 6.60. The monoisotopic (exact) mass is 519 g/mol. The van der Waals surface area contributed by atoms with E-state index in [9.17, 15) is 24.8 Å². The van der Waals surface area contributed by atoms with Crippen LogP contribution in [0.3, 0.4) is 0 Å². The zero-order chi connectivity index (χ0) is 27.0. The molecule has 0 unspecified atom stereocenters. The Hall–Kier alpha value is -4.64. The molecule has 0 radical (unpaired) electrons. The van der Waals surface area contributed by atoms with Gasteiger partial charge in [-0.3, -0.25) is 24.5 Å². The van der Waals surface area contributed by atoms with Crippen LogP contribution in [0.4, 0.5) is 17.1 Å². The van der Waals surface area contributed by atoms with Crippen LogP contribution in [-0.4, -0.2) is 41.7 Å². The second kappa shape index (κ2) is 10.0. The number of nitro benzene ring substituents is 1. The molecule has 0 saturated carbocycles. The van der Waals surface area contributed by atoms with Crippen molar-refractivity contribution >= 4 is 28.9 Å². The van der Waals surface area contributed by atoms with E-state index in [1.807, 2.05) is 6.92 Å². The minimum Gasteiger partial charge on any atom is -0.504 e. The molecule has 196 valence electrons. The highest BCUT2D eigenvalue weighted by atomic mass is 16.7. The summed E-state index contributed by atoms with van der Waals surface area (Å²) in [7, 11) is 1.39. The van der Waals surface area contributed by atoms with Crippen molar-refractivity contribution in [3.8, 4) is 17.2 Å². The number of ether oxygens (including phenoxy) is 2. The Morgan fingerprint density at radius 2 is 1.79 bits per heavy atom. The normalized spacial score (nSPS) is 20.5. The van der Waals surface area contributed by atoms with Crippen molar-refractivity contribution in [2.75, 3.05) is 23.7 Å². The summed E-state index contributed by atoms with van der Waals surface area (Å²) in [5, 5.41) is 22.9. The molecule has 11 nitrogen and oxygen atoms in total. The third kappa shape index (κ3) is 4.26. The van der Waals surface area contributed by atoms with Crippen LogP contribution in [0.15, 0.2) is 66.7 Å². The van der Waals surface area contributed by atoms with Crippen LogP contribution in [0.25, 0.3) is 0 Å². The average molecular weight is 520 g/mol. The first-order valence-electron chi connectivity index (χ1n) is 12.0. The Bertz CT molecular complexity index is 1390. The molecule has 2 fully saturated rings. The number of hydroxylamine groups is 1. The highest BCUT2D eigenvalue weighted by Crippen LogP contribution is 2.49. The van der Waals surface area contributed by atoms with Gasteiger partial charge in [-0.15, -0.1) is 0 Å². The Balaban J connectivity index is 1.55. The maximum Gasteiger partial charge on any atom is 0.271 e. The predicted octanol–water partition coefficient (Wildman–Crippen LogP) is 4.15. The van der Waals surface area contributed by atoms with Crippen LogP contribution in [0.1, 0.15) is 24.9 Å². The Morgan fingerprint density at radius 1 is 1.03 bits per heavy atom. The second-order valence-corrected chi connectivity index (χ2v) is 8.88. The Morgan fingerprint density at radius 3 is 2.47 bits per heavy atom. The Labute approximate surface area is 217 Å². The van der Waals surface area contributed by atoms with Crippen molar-refractivity contribution in [1.29, 1.82) is 0 Å². The summed E-state index contributed by atoms with van der Waals surface area (Å²) in [4.78, 5) is 45.3. The molecule has 1 N–H and O–H groups in total. The number of methoxy groups -OCH3 is 1. The number of nitro groups is 1. The molecule has 2 amide bonds. The number of amides is 2. The summed E-state index contributed by atoms with van der Waals surface area (Å²) in [5.41, 5.74) is 1.03. The van der Waals surface area contributed by atoms with Gasteiger partial charge in [0.05, 0.1) is 36.1 Å². The number of non-ortho nitro benzene ring substituents is 1. The number of benzene rings is 3. The van der Waals surface area contributed by atoms with Gasteiger partial charge >= 0.3 is 0 Å². The standard InChI is InChI=1S/C27H25N3O8/c1-3-13-37-20-10-8-17(9-11-20)28-26(32)23-24(16-7-12-21(31)22(14-16)36-2)29(38-25(23)27(28)33)18-5-4-6-19(15-18)30(34)35/h4-12,14-15,23-25,31H,3,13H2,1-2H3/t23-,24-,25-/m0/s1. The summed E-state index contributed by atoms with van der Waals surface area (Å²) in [6, 6.07) is 16.1. The van der Waals surface area contributed by atoms with Gasteiger partial charge in [-0.25, -0.2) is 9.96 Å². The molecule has 3 aromatic rings. The van der Waals surface area contributed by atoms with E-state index >= 15 is 0 Å². The van der Waals surface area contributed by atoms with E-state index in [-0.39, 0.29) is 17.2 Å². The third-order valence-electron chi connectivity index (χ3n) is 6.52. The molecule has 2 saturated heterocycles.